The molecule has 1 amide bonds. The summed E-state index contributed by atoms with van der Waals surface area (Å²) in [5.74, 6) is 0.827. The van der Waals surface area contributed by atoms with Crippen LogP contribution in [0, 0.1) is 0 Å². The summed E-state index contributed by atoms with van der Waals surface area (Å²) in [4.78, 5) is 24.8. The van der Waals surface area contributed by atoms with Crippen LogP contribution in [-0.4, -0.2) is 66.7 Å². The Morgan fingerprint density at radius 3 is 2.59 bits per heavy atom. The van der Waals surface area contributed by atoms with Crippen LogP contribution in [0.1, 0.15) is 12.6 Å². The number of carbonyl (C=O) groups excluding carboxylic acids is 1. The highest BCUT2D eigenvalue weighted by atomic mass is 32.1. The Balaban J connectivity index is 1.52. The van der Waals surface area contributed by atoms with E-state index in [1.54, 1.807) is 23.3 Å². The molecule has 8 heteroatoms. The smallest absolute Gasteiger partial charge is 0.409 e. The summed E-state index contributed by atoms with van der Waals surface area (Å²) >= 11 is 1.64. The van der Waals surface area contributed by atoms with Crippen LogP contribution in [0.3, 0.4) is 0 Å². The van der Waals surface area contributed by atoms with Gasteiger partial charge in [-0.05, 0) is 6.92 Å². The molecule has 1 aromatic carbocycles. The van der Waals surface area contributed by atoms with Gasteiger partial charge in [0.2, 0.25) is 0 Å². The van der Waals surface area contributed by atoms with Crippen LogP contribution in [0.15, 0.2) is 40.7 Å². The average molecular weight is 388 g/mol. The number of aliphatic imine (C=N–C) groups is 1. The molecule has 1 saturated heterocycles. The standard InChI is InChI=1S/C19H25N5O2S/c1-3-26-19(25)24-11-9-23(10-12-24)18(20-2)21-13-16-14-27-17(22-16)15-7-5-4-6-8-15/h4-8,14H,3,9-13H2,1-2H3,(H,20,21). The lowest BCUT2D eigenvalue weighted by atomic mass is 10.2. The number of benzene rings is 1. The van der Waals surface area contributed by atoms with Crippen LogP contribution in [0.4, 0.5) is 4.79 Å². The quantitative estimate of drug-likeness (QED) is 0.645. The Kier molecular flexibility index (Phi) is 6.64. The molecule has 1 aliphatic heterocycles. The number of hydrogen-bond acceptors (Lipinski definition) is 5. The molecule has 2 aromatic rings. The zero-order valence-electron chi connectivity index (χ0n) is 15.7. The minimum atomic E-state index is -0.240. The zero-order valence-corrected chi connectivity index (χ0v) is 16.5. The summed E-state index contributed by atoms with van der Waals surface area (Å²) in [6.07, 6.45) is -0.240. The molecule has 0 saturated carbocycles. The lowest BCUT2D eigenvalue weighted by Gasteiger charge is -2.35. The van der Waals surface area contributed by atoms with E-state index in [1.807, 2.05) is 25.1 Å². The number of piperazine rings is 1. The van der Waals surface area contributed by atoms with E-state index in [4.69, 9.17) is 9.72 Å². The van der Waals surface area contributed by atoms with E-state index in [-0.39, 0.29) is 6.09 Å². The highest BCUT2D eigenvalue weighted by Gasteiger charge is 2.23. The zero-order chi connectivity index (χ0) is 19.1. The van der Waals surface area contributed by atoms with E-state index in [0.717, 1.165) is 35.3 Å². The molecule has 1 N–H and O–H groups in total. The van der Waals surface area contributed by atoms with Gasteiger partial charge in [-0.15, -0.1) is 11.3 Å². The highest BCUT2D eigenvalue weighted by molar-refractivity contribution is 7.13. The molecular weight excluding hydrogens is 362 g/mol. The maximum absolute atomic E-state index is 11.8. The molecule has 3 rings (SSSR count). The van der Waals surface area contributed by atoms with E-state index in [1.165, 1.54) is 0 Å². The Morgan fingerprint density at radius 1 is 1.22 bits per heavy atom. The summed E-state index contributed by atoms with van der Waals surface area (Å²) < 4.78 is 5.06. The van der Waals surface area contributed by atoms with Crippen molar-refractivity contribution in [3.63, 3.8) is 0 Å². The number of guanidine groups is 1. The van der Waals surface area contributed by atoms with Gasteiger partial charge in [0.1, 0.15) is 5.01 Å². The van der Waals surface area contributed by atoms with Gasteiger partial charge in [0.25, 0.3) is 0 Å². The Morgan fingerprint density at radius 2 is 1.93 bits per heavy atom. The summed E-state index contributed by atoms with van der Waals surface area (Å²) in [5, 5.41) is 6.46. The Bertz CT molecular complexity index is 769. The number of amides is 1. The third-order valence-corrected chi connectivity index (χ3v) is 5.26. The first-order valence-electron chi connectivity index (χ1n) is 9.08. The number of ether oxygens (including phenoxy) is 1. The summed E-state index contributed by atoms with van der Waals surface area (Å²) in [6.45, 7) is 5.56. The van der Waals surface area contributed by atoms with Crippen LogP contribution in [0.5, 0.6) is 0 Å². The first kappa shape index (κ1) is 19.2. The molecule has 1 fully saturated rings. The van der Waals surface area contributed by atoms with Gasteiger partial charge in [-0.25, -0.2) is 9.78 Å². The second kappa shape index (κ2) is 9.36. The lowest BCUT2D eigenvalue weighted by molar-refractivity contribution is 0.0914. The van der Waals surface area contributed by atoms with Crippen molar-refractivity contribution in [1.29, 1.82) is 0 Å². The first-order chi connectivity index (χ1) is 13.2. The normalized spacial score (nSPS) is 15.0. The second-order valence-electron chi connectivity index (χ2n) is 6.08. The number of nitrogens with zero attached hydrogens (tertiary/aromatic N) is 4. The molecule has 144 valence electrons. The van der Waals surface area contributed by atoms with E-state index >= 15 is 0 Å². The van der Waals surface area contributed by atoms with Crippen molar-refractivity contribution in [2.45, 2.75) is 13.5 Å². The minimum Gasteiger partial charge on any atom is -0.450 e. The number of hydrogen-bond donors (Lipinski definition) is 1. The van der Waals surface area contributed by atoms with Gasteiger partial charge in [-0.3, -0.25) is 4.99 Å². The second-order valence-corrected chi connectivity index (χ2v) is 6.94. The molecule has 27 heavy (non-hydrogen) atoms. The van der Waals surface area contributed by atoms with Gasteiger partial charge >= 0.3 is 6.09 Å². The van der Waals surface area contributed by atoms with Gasteiger partial charge in [0.05, 0.1) is 18.8 Å². The molecule has 0 bridgehead atoms. The molecule has 1 aromatic heterocycles. The fourth-order valence-corrected chi connectivity index (χ4v) is 3.74. The molecule has 0 unspecified atom stereocenters. The number of nitrogens with one attached hydrogen (secondary N) is 1. The molecule has 0 spiro atoms. The highest BCUT2D eigenvalue weighted by Crippen LogP contribution is 2.23. The fraction of sp³-hybridized carbons (Fsp3) is 0.421. The third kappa shape index (κ3) is 4.97. The number of carbonyl (C=O) groups is 1. The topological polar surface area (TPSA) is 70.1 Å². The summed E-state index contributed by atoms with van der Waals surface area (Å²) in [6, 6.07) is 10.2. The van der Waals surface area contributed by atoms with E-state index in [2.05, 4.69) is 32.7 Å². The molecule has 7 nitrogen and oxygen atoms in total. The molecular formula is C19H25N5O2S. The van der Waals surface area contributed by atoms with Crippen molar-refractivity contribution in [3.05, 3.63) is 41.4 Å². The Hall–Kier alpha value is -2.61. The maximum Gasteiger partial charge on any atom is 0.409 e. The van der Waals surface area contributed by atoms with Gasteiger partial charge in [-0.1, -0.05) is 30.3 Å². The average Bonchev–Trinajstić information content (AvgIpc) is 3.19. The van der Waals surface area contributed by atoms with Gasteiger partial charge < -0.3 is 19.9 Å². The van der Waals surface area contributed by atoms with Crippen molar-refractivity contribution in [2.24, 2.45) is 4.99 Å². The van der Waals surface area contributed by atoms with Gasteiger partial charge in [0.15, 0.2) is 5.96 Å². The van der Waals surface area contributed by atoms with Crippen molar-refractivity contribution in [1.82, 2.24) is 20.1 Å². The number of rotatable bonds is 4. The monoisotopic (exact) mass is 387 g/mol. The summed E-state index contributed by atoms with van der Waals surface area (Å²) in [5.41, 5.74) is 2.12. The molecule has 0 radical (unpaired) electrons. The molecule has 0 aliphatic carbocycles. The van der Waals surface area contributed by atoms with Gasteiger partial charge in [0, 0.05) is 44.2 Å². The van der Waals surface area contributed by atoms with Crippen molar-refractivity contribution in [3.8, 4) is 10.6 Å². The van der Waals surface area contributed by atoms with Crippen LogP contribution in [0.2, 0.25) is 0 Å². The predicted octanol–water partition coefficient (Wildman–Crippen LogP) is 2.66. The van der Waals surface area contributed by atoms with Crippen LogP contribution >= 0.6 is 11.3 Å². The van der Waals surface area contributed by atoms with Crippen molar-refractivity contribution >= 4 is 23.4 Å². The van der Waals surface area contributed by atoms with Gasteiger partial charge in [-0.2, -0.15) is 0 Å². The lowest BCUT2D eigenvalue weighted by Crippen LogP contribution is -2.53. The van der Waals surface area contributed by atoms with E-state index in [9.17, 15) is 4.79 Å². The molecule has 0 atom stereocenters. The van der Waals surface area contributed by atoms with E-state index in [0.29, 0.717) is 26.2 Å². The van der Waals surface area contributed by atoms with Crippen molar-refractivity contribution < 1.29 is 9.53 Å². The Labute approximate surface area is 163 Å². The van der Waals surface area contributed by atoms with Crippen LogP contribution in [0.25, 0.3) is 10.6 Å². The third-order valence-electron chi connectivity index (χ3n) is 4.32. The molecule has 1 aliphatic rings. The number of aromatic nitrogens is 1. The molecule has 2 heterocycles. The minimum absolute atomic E-state index is 0.240. The SMILES string of the molecule is CCOC(=O)N1CCN(C(=NC)NCc2csc(-c3ccccc3)n2)CC1. The number of thiazole rings is 1. The van der Waals surface area contributed by atoms with Crippen molar-refractivity contribution in [2.75, 3.05) is 39.8 Å². The fourth-order valence-electron chi connectivity index (χ4n) is 2.92. The summed E-state index contributed by atoms with van der Waals surface area (Å²) in [7, 11) is 1.77. The predicted molar refractivity (Wildman–Crippen MR) is 108 cm³/mol. The van der Waals surface area contributed by atoms with Crippen LogP contribution < -0.4 is 5.32 Å². The van der Waals surface area contributed by atoms with E-state index < -0.39 is 0 Å². The maximum atomic E-state index is 11.8. The first-order valence-corrected chi connectivity index (χ1v) is 9.96. The van der Waals surface area contributed by atoms with Crippen LogP contribution in [-0.2, 0) is 11.3 Å². The largest absolute Gasteiger partial charge is 0.450 e.